The summed E-state index contributed by atoms with van der Waals surface area (Å²) in [7, 11) is 0. The van der Waals surface area contributed by atoms with Gasteiger partial charge in [-0.15, -0.1) is 0 Å². The van der Waals surface area contributed by atoms with Crippen molar-refractivity contribution in [2.45, 2.75) is 47.7 Å². The molecule has 198 valence electrons. The topological polar surface area (TPSA) is 54.2 Å². The maximum Gasteiger partial charge on any atom is 0.173 e. The van der Waals surface area contributed by atoms with Gasteiger partial charge in [0.2, 0.25) is 0 Å². The van der Waals surface area contributed by atoms with Crippen molar-refractivity contribution in [1.82, 2.24) is 29.4 Å². The van der Waals surface area contributed by atoms with Crippen LogP contribution >= 0.6 is 12.2 Å². The van der Waals surface area contributed by atoms with Gasteiger partial charge in [0.15, 0.2) is 5.11 Å². The van der Waals surface area contributed by atoms with Crippen LogP contribution < -0.4 is 5.32 Å². The number of aryl methyl sites for hydroxylation is 3. The first kappa shape index (κ1) is 26.1. The lowest BCUT2D eigenvalue weighted by Gasteiger charge is -2.36. The molecule has 2 aromatic carbocycles. The number of piperazine rings is 1. The summed E-state index contributed by atoms with van der Waals surface area (Å²) in [5.41, 5.74) is 10.4. The van der Waals surface area contributed by atoms with Crippen molar-refractivity contribution in [1.29, 1.82) is 0 Å². The third kappa shape index (κ3) is 5.37. The fraction of sp³-hybridized carbons (Fsp3) is 0.367. The lowest BCUT2D eigenvalue weighted by atomic mass is 10.1. The van der Waals surface area contributed by atoms with Crippen LogP contribution in [0.25, 0.3) is 5.69 Å². The Kier molecular flexibility index (Phi) is 7.63. The molecule has 0 bridgehead atoms. The molecule has 0 amide bonds. The van der Waals surface area contributed by atoms with Crippen LogP contribution in [-0.4, -0.2) is 60.7 Å². The highest BCUT2D eigenvalue weighted by atomic mass is 32.1. The number of anilines is 1. The molecule has 1 saturated heterocycles. The second kappa shape index (κ2) is 11.1. The Morgan fingerprint density at radius 2 is 1.47 bits per heavy atom. The second-order valence-corrected chi connectivity index (χ2v) is 10.6. The molecule has 1 aliphatic rings. The third-order valence-electron chi connectivity index (χ3n) is 7.68. The van der Waals surface area contributed by atoms with E-state index in [1.54, 1.807) is 0 Å². The minimum absolute atomic E-state index is 0.756. The Labute approximate surface area is 231 Å². The quantitative estimate of drug-likeness (QED) is 0.349. The second-order valence-electron chi connectivity index (χ2n) is 10.2. The smallest absolute Gasteiger partial charge is 0.173 e. The molecule has 1 N–H and O–H groups in total. The van der Waals surface area contributed by atoms with Crippen LogP contribution in [0.1, 0.15) is 39.5 Å². The number of benzene rings is 2. The number of aromatic nitrogens is 4. The molecule has 5 rings (SSSR count). The highest BCUT2D eigenvalue weighted by Crippen LogP contribution is 2.23. The van der Waals surface area contributed by atoms with E-state index in [4.69, 9.17) is 22.4 Å². The lowest BCUT2D eigenvalue weighted by Crippen LogP contribution is -2.49. The van der Waals surface area contributed by atoms with Gasteiger partial charge in [-0.25, -0.2) is 4.68 Å². The SMILES string of the molecule is Cc1ccccc1Cn1nc(C)c(NC(=S)N2CCN(Cc3c(C)nn(-c4ccccc4)c3C)CC2)c1C. The van der Waals surface area contributed by atoms with E-state index in [-0.39, 0.29) is 0 Å². The fourth-order valence-corrected chi connectivity index (χ4v) is 5.51. The number of hydrogen-bond acceptors (Lipinski definition) is 4. The van der Waals surface area contributed by atoms with E-state index in [2.05, 4.69) is 101 Å². The van der Waals surface area contributed by atoms with Gasteiger partial charge >= 0.3 is 0 Å². The molecular formula is C30H37N7S. The van der Waals surface area contributed by atoms with E-state index in [0.29, 0.717) is 0 Å². The van der Waals surface area contributed by atoms with Crippen molar-refractivity contribution in [2.24, 2.45) is 0 Å². The van der Waals surface area contributed by atoms with Gasteiger partial charge in [-0.05, 0) is 70.1 Å². The Morgan fingerprint density at radius 3 is 2.18 bits per heavy atom. The first-order valence-electron chi connectivity index (χ1n) is 13.3. The van der Waals surface area contributed by atoms with Crippen molar-refractivity contribution in [3.05, 3.63) is 94.1 Å². The lowest BCUT2D eigenvalue weighted by molar-refractivity contribution is 0.176. The fourth-order valence-electron chi connectivity index (χ4n) is 5.22. The van der Waals surface area contributed by atoms with Gasteiger partial charge in [0.05, 0.1) is 35.0 Å². The molecule has 4 aromatic rings. The molecule has 38 heavy (non-hydrogen) atoms. The zero-order valence-corrected chi connectivity index (χ0v) is 23.8. The molecule has 3 heterocycles. The summed E-state index contributed by atoms with van der Waals surface area (Å²) < 4.78 is 4.13. The Bertz CT molecular complexity index is 1430. The van der Waals surface area contributed by atoms with Crippen LogP contribution in [-0.2, 0) is 13.1 Å². The van der Waals surface area contributed by atoms with E-state index in [0.717, 1.165) is 72.8 Å². The summed E-state index contributed by atoms with van der Waals surface area (Å²) in [6, 6.07) is 18.8. The molecule has 2 aromatic heterocycles. The predicted molar refractivity (Wildman–Crippen MR) is 158 cm³/mol. The minimum Gasteiger partial charge on any atom is -0.346 e. The first-order valence-corrected chi connectivity index (χ1v) is 13.7. The standard InChI is InChI=1S/C30H37N7S/c1-21-11-9-10-12-26(21)19-36-25(5)29(23(3)32-36)31-30(38)35-17-15-34(16-18-35)20-28-22(2)33-37(24(28)4)27-13-7-6-8-14-27/h6-14H,15-20H2,1-5H3,(H,31,38). The van der Waals surface area contributed by atoms with E-state index in [9.17, 15) is 0 Å². The first-order chi connectivity index (χ1) is 18.3. The van der Waals surface area contributed by atoms with E-state index < -0.39 is 0 Å². The average Bonchev–Trinajstić information content (AvgIpc) is 3.35. The Balaban J connectivity index is 1.19. The van der Waals surface area contributed by atoms with Crippen molar-refractivity contribution < 1.29 is 0 Å². The van der Waals surface area contributed by atoms with Crippen LogP contribution in [0.2, 0.25) is 0 Å². The zero-order chi connectivity index (χ0) is 26.8. The summed E-state index contributed by atoms with van der Waals surface area (Å²) in [5.74, 6) is 0. The zero-order valence-electron chi connectivity index (χ0n) is 23.0. The normalized spacial score (nSPS) is 14.2. The number of nitrogens with one attached hydrogen (secondary N) is 1. The molecule has 7 nitrogen and oxygen atoms in total. The summed E-state index contributed by atoms with van der Waals surface area (Å²) >= 11 is 5.85. The molecule has 1 aliphatic heterocycles. The van der Waals surface area contributed by atoms with Gasteiger partial charge in [0.25, 0.3) is 0 Å². The number of para-hydroxylation sites is 1. The third-order valence-corrected chi connectivity index (χ3v) is 8.04. The minimum atomic E-state index is 0.756. The van der Waals surface area contributed by atoms with Gasteiger partial charge in [-0.3, -0.25) is 9.58 Å². The molecule has 0 aliphatic carbocycles. The largest absolute Gasteiger partial charge is 0.346 e. The molecule has 0 radical (unpaired) electrons. The van der Waals surface area contributed by atoms with Gasteiger partial charge in [0, 0.05) is 44.0 Å². The molecular weight excluding hydrogens is 490 g/mol. The maximum absolute atomic E-state index is 5.85. The summed E-state index contributed by atoms with van der Waals surface area (Å²) in [5, 5.41) is 13.9. The van der Waals surface area contributed by atoms with Crippen LogP contribution in [0.5, 0.6) is 0 Å². The van der Waals surface area contributed by atoms with Crippen molar-refractivity contribution in [3.63, 3.8) is 0 Å². The summed E-state index contributed by atoms with van der Waals surface area (Å²) in [6.07, 6.45) is 0. The van der Waals surface area contributed by atoms with Crippen molar-refractivity contribution in [2.75, 3.05) is 31.5 Å². The van der Waals surface area contributed by atoms with E-state index >= 15 is 0 Å². The summed E-state index contributed by atoms with van der Waals surface area (Å²) in [4.78, 5) is 4.78. The molecule has 0 spiro atoms. The van der Waals surface area contributed by atoms with Crippen molar-refractivity contribution >= 4 is 23.0 Å². The molecule has 1 fully saturated rings. The number of hydrogen-bond donors (Lipinski definition) is 1. The Morgan fingerprint density at radius 1 is 0.789 bits per heavy atom. The maximum atomic E-state index is 5.85. The highest BCUT2D eigenvalue weighted by molar-refractivity contribution is 7.80. The molecule has 8 heteroatoms. The van der Waals surface area contributed by atoms with Crippen molar-refractivity contribution in [3.8, 4) is 5.69 Å². The van der Waals surface area contributed by atoms with Gasteiger partial charge in [0.1, 0.15) is 0 Å². The highest BCUT2D eigenvalue weighted by Gasteiger charge is 2.23. The number of nitrogens with zero attached hydrogens (tertiary/aromatic N) is 6. The molecule has 0 unspecified atom stereocenters. The monoisotopic (exact) mass is 527 g/mol. The van der Waals surface area contributed by atoms with Crippen LogP contribution in [0.15, 0.2) is 54.6 Å². The van der Waals surface area contributed by atoms with Gasteiger partial charge in [-0.2, -0.15) is 10.2 Å². The van der Waals surface area contributed by atoms with E-state index in [1.807, 2.05) is 13.0 Å². The van der Waals surface area contributed by atoms with Crippen LogP contribution in [0, 0.1) is 34.6 Å². The molecule has 0 atom stereocenters. The number of rotatable bonds is 6. The molecule has 0 saturated carbocycles. The van der Waals surface area contributed by atoms with Gasteiger partial charge in [-0.1, -0.05) is 42.5 Å². The average molecular weight is 528 g/mol. The van der Waals surface area contributed by atoms with Gasteiger partial charge < -0.3 is 10.2 Å². The van der Waals surface area contributed by atoms with E-state index in [1.165, 1.54) is 22.4 Å². The van der Waals surface area contributed by atoms with Crippen LogP contribution in [0.3, 0.4) is 0 Å². The Hall–Kier alpha value is -3.49. The summed E-state index contributed by atoms with van der Waals surface area (Å²) in [6.45, 7) is 16.0. The van der Waals surface area contributed by atoms with Crippen LogP contribution in [0.4, 0.5) is 5.69 Å². The number of thiocarbonyl (C=S) groups is 1. The predicted octanol–water partition coefficient (Wildman–Crippen LogP) is 5.17.